The van der Waals surface area contributed by atoms with E-state index >= 15 is 0 Å². The lowest BCUT2D eigenvalue weighted by molar-refractivity contribution is 0.0953. The highest BCUT2D eigenvalue weighted by Gasteiger charge is 2.08. The summed E-state index contributed by atoms with van der Waals surface area (Å²) in [6, 6.07) is 5.79. The summed E-state index contributed by atoms with van der Waals surface area (Å²) in [6.45, 7) is 2.72. The van der Waals surface area contributed by atoms with Crippen LogP contribution in [0.5, 0.6) is 0 Å². The van der Waals surface area contributed by atoms with Crippen molar-refractivity contribution in [1.29, 1.82) is 0 Å². The molecular weight excluding hydrogens is 286 g/mol. The summed E-state index contributed by atoms with van der Waals surface area (Å²) >= 11 is 5.18. The van der Waals surface area contributed by atoms with Gasteiger partial charge in [0.25, 0.3) is 5.91 Å². The van der Waals surface area contributed by atoms with Crippen molar-refractivity contribution < 1.29 is 4.79 Å². The van der Waals surface area contributed by atoms with Gasteiger partial charge in [0.15, 0.2) is 0 Å². The summed E-state index contributed by atoms with van der Waals surface area (Å²) in [4.78, 5) is 11.8. The topological polar surface area (TPSA) is 29.1 Å². The maximum absolute atomic E-state index is 11.8. The van der Waals surface area contributed by atoms with Crippen LogP contribution in [-0.4, -0.2) is 24.5 Å². The first-order valence-corrected chi connectivity index (χ1v) is 7.37. The second-order valence-electron chi connectivity index (χ2n) is 3.59. The van der Waals surface area contributed by atoms with Crippen molar-refractivity contribution in [3.8, 4) is 0 Å². The van der Waals surface area contributed by atoms with Crippen LogP contribution in [0, 0.1) is 6.92 Å². The van der Waals surface area contributed by atoms with Gasteiger partial charge in [-0.2, -0.15) is 11.8 Å². The zero-order valence-electron chi connectivity index (χ0n) is 9.55. The number of amides is 1. The highest BCUT2D eigenvalue weighted by molar-refractivity contribution is 9.10. The Morgan fingerprint density at radius 1 is 1.50 bits per heavy atom. The summed E-state index contributed by atoms with van der Waals surface area (Å²) in [5.41, 5.74) is 1.81. The third-order valence-corrected chi connectivity index (χ3v) is 3.57. The van der Waals surface area contributed by atoms with E-state index in [-0.39, 0.29) is 5.91 Å². The molecule has 1 N–H and O–H groups in total. The third-order valence-electron chi connectivity index (χ3n) is 2.18. The van der Waals surface area contributed by atoms with E-state index in [4.69, 9.17) is 0 Å². The smallest absolute Gasteiger partial charge is 0.252 e. The summed E-state index contributed by atoms with van der Waals surface area (Å²) in [5, 5.41) is 2.92. The molecule has 0 aliphatic rings. The number of hydrogen-bond acceptors (Lipinski definition) is 2. The SMILES string of the molecule is CSCCCNC(=O)c1cc(C)ccc1Br. The number of aryl methyl sites for hydroxylation is 1. The number of thioether (sulfide) groups is 1. The van der Waals surface area contributed by atoms with Crippen LogP contribution in [0.3, 0.4) is 0 Å². The van der Waals surface area contributed by atoms with E-state index < -0.39 is 0 Å². The maximum atomic E-state index is 11.8. The number of hydrogen-bond donors (Lipinski definition) is 1. The third kappa shape index (κ3) is 4.18. The minimum absolute atomic E-state index is 0.00308. The molecule has 0 unspecified atom stereocenters. The first kappa shape index (κ1) is 13.6. The Bertz CT molecular complexity index is 368. The molecule has 0 bridgehead atoms. The van der Waals surface area contributed by atoms with Crippen LogP contribution < -0.4 is 5.32 Å². The molecule has 0 aromatic heterocycles. The second kappa shape index (κ2) is 6.97. The van der Waals surface area contributed by atoms with Crippen LogP contribution >= 0.6 is 27.7 Å². The molecule has 88 valence electrons. The molecule has 0 aliphatic carbocycles. The van der Waals surface area contributed by atoms with Crippen molar-refractivity contribution in [3.05, 3.63) is 33.8 Å². The maximum Gasteiger partial charge on any atom is 0.252 e. The molecule has 0 atom stereocenters. The summed E-state index contributed by atoms with van der Waals surface area (Å²) in [6.07, 6.45) is 3.08. The molecule has 1 aromatic carbocycles. The monoisotopic (exact) mass is 301 g/mol. The van der Waals surface area contributed by atoms with Gasteiger partial charge in [-0.15, -0.1) is 0 Å². The summed E-state index contributed by atoms with van der Waals surface area (Å²) < 4.78 is 0.848. The summed E-state index contributed by atoms with van der Waals surface area (Å²) in [7, 11) is 0. The average Bonchev–Trinajstić information content (AvgIpc) is 2.27. The molecule has 16 heavy (non-hydrogen) atoms. The van der Waals surface area contributed by atoms with Gasteiger partial charge >= 0.3 is 0 Å². The van der Waals surface area contributed by atoms with E-state index in [0.717, 1.165) is 28.8 Å². The van der Waals surface area contributed by atoms with Crippen LogP contribution in [-0.2, 0) is 0 Å². The number of halogens is 1. The van der Waals surface area contributed by atoms with Gasteiger partial charge in [-0.05, 0) is 53.4 Å². The zero-order valence-corrected chi connectivity index (χ0v) is 12.0. The molecule has 0 fully saturated rings. The Labute approximate surface area is 109 Å². The highest BCUT2D eigenvalue weighted by Crippen LogP contribution is 2.17. The Morgan fingerprint density at radius 2 is 2.25 bits per heavy atom. The average molecular weight is 302 g/mol. The predicted molar refractivity (Wildman–Crippen MR) is 74.2 cm³/mol. The van der Waals surface area contributed by atoms with E-state index in [1.54, 1.807) is 11.8 Å². The van der Waals surface area contributed by atoms with Gasteiger partial charge in [0.1, 0.15) is 0 Å². The standard InChI is InChI=1S/C12H16BrNOS/c1-9-4-5-11(13)10(8-9)12(15)14-6-3-7-16-2/h4-5,8H,3,6-7H2,1-2H3,(H,14,15). The van der Waals surface area contributed by atoms with Gasteiger partial charge in [-0.1, -0.05) is 11.6 Å². The van der Waals surface area contributed by atoms with Crippen LogP contribution in [0.25, 0.3) is 0 Å². The molecule has 0 heterocycles. The molecule has 1 aromatic rings. The van der Waals surface area contributed by atoms with E-state index in [1.165, 1.54) is 0 Å². The first-order chi connectivity index (χ1) is 7.65. The fourth-order valence-electron chi connectivity index (χ4n) is 1.33. The van der Waals surface area contributed by atoms with Crippen molar-refractivity contribution in [1.82, 2.24) is 5.32 Å². The second-order valence-corrected chi connectivity index (χ2v) is 5.43. The minimum atomic E-state index is -0.00308. The Morgan fingerprint density at radius 3 is 2.94 bits per heavy atom. The Kier molecular flexibility index (Phi) is 5.91. The van der Waals surface area contributed by atoms with Crippen LogP contribution in [0.4, 0.5) is 0 Å². The van der Waals surface area contributed by atoms with Gasteiger partial charge < -0.3 is 5.32 Å². The van der Waals surface area contributed by atoms with Crippen molar-refractivity contribution in [2.75, 3.05) is 18.6 Å². The fourth-order valence-corrected chi connectivity index (χ4v) is 2.19. The highest BCUT2D eigenvalue weighted by atomic mass is 79.9. The quantitative estimate of drug-likeness (QED) is 0.846. The van der Waals surface area contributed by atoms with Crippen molar-refractivity contribution >= 4 is 33.6 Å². The van der Waals surface area contributed by atoms with Gasteiger partial charge in [-0.25, -0.2) is 0 Å². The lowest BCUT2D eigenvalue weighted by Crippen LogP contribution is -2.25. The van der Waals surface area contributed by atoms with Crippen LogP contribution in [0.2, 0.25) is 0 Å². The van der Waals surface area contributed by atoms with Gasteiger partial charge in [0, 0.05) is 11.0 Å². The van der Waals surface area contributed by atoms with Crippen molar-refractivity contribution in [2.45, 2.75) is 13.3 Å². The van der Waals surface area contributed by atoms with E-state index in [0.29, 0.717) is 5.56 Å². The molecule has 2 nitrogen and oxygen atoms in total. The lowest BCUT2D eigenvalue weighted by atomic mass is 10.1. The fraction of sp³-hybridized carbons (Fsp3) is 0.417. The van der Waals surface area contributed by atoms with E-state index in [9.17, 15) is 4.79 Å². The van der Waals surface area contributed by atoms with Gasteiger partial charge in [-0.3, -0.25) is 4.79 Å². The number of rotatable bonds is 5. The van der Waals surface area contributed by atoms with Crippen molar-refractivity contribution in [2.24, 2.45) is 0 Å². The Hall–Kier alpha value is -0.480. The number of nitrogens with one attached hydrogen (secondary N) is 1. The minimum Gasteiger partial charge on any atom is -0.352 e. The number of carbonyl (C=O) groups excluding carboxylic acids is 1. The molecular formula is C12H16BrNOS. The molecule has 0 spiro atoms. The Balaban J connectivity index is 2.55. The molecule has 0 saturated carbocycles. The van der Waals surface area contributed by atoms with E-state index in [1.807, 2.05) is 25.1 Å². The van der Waals surface area contributed by atoms with Gasteiger partial charge in [0.05, 0.1) is 5.56 Å². The molecule has 4 heteroatoms. The number of carbonyl (C=O) groups is 1. The van der Waals surface area contributed by atoms with Crippen LogP contribution in [0.1, 0.15) is 22.3 Å². The normalized spacial score (nSPS) is 10.2. The van der Waals surface area contributed by atoms with Crippen LogP contribution in [0.15, 0.2) is 22.7 Å². The molecule has 1 amide bonds. The van der Waals surface area contributed by atoms with Gasteiger partial charge in [0.2, 0.25) is 0 Å². The summed E-state index contributed by atoms with van der Waals surface area (Å²) in [5.74, 6) is 1.08. The lowest BCUT2D eigenvalue weighted by Gasteiger charge is -2.07. The molecule has 0 aliphatic heterocycles. The van der Waals surface area contributed by atoms with E-state index in [2.05, 4.69) is 27.5 Å². The predicted octanol–water partition coefficient (Wildman–Crippen LogP) is 3.24. The number of benzene rings is 1. The first-order valence-electron chi connectivity index (χ1n) is 5.18. The largest absolute Gasteiger partial charge is 0.352 e. The molecule has 0 radical (unpaired) electrons. The molecule has 1 rings (SSSR count). The molecule has 0 saturated heterocycles. The zero-order chi connectivity index (χ0) is 12.0. The van der Waals surface area contributed by atoms with Crippen molar-refractivity contribution in [3.63, 3.8) is 0 Å².